The fraction of sp³-hybridized carbons (Fsp3) is 0.176. The van der Waals surface area contributed by atoms with E-state index >= 15 is 0 Å². The summed E-state index contributed by atoms with van der Waals surface area (Å²) in [5, 5.41) is 3.15. The van der Waals surface area contributed by atoms with Gasteiger partial charge in [0.25, 0.3) is 5.91 Å². The SMILES string of the molecule is O=C(NC[C@@H]1CN(c2cccc(Cl)c2)C(=O)O1)c1cccc(F)c1. The summed E-state index contributed by atoms with van der Waals surface area (Å²) in [7, 11) is 0. The largest absolute Gasteiger partial charge is 0.442 e. The lowest BCUT2D eigenvalue weighted by Crippen LogP contribution is -2.34. The van der Waals surface area contributed by atoms with Gasteiger partial charge in [0, 0.05) is 16.3 Å². The maximum atomic E-state index is 13.1. The van der Waals surface area contributed by atoms with Gasteiger partial charge in [0.15, 0.2) is 0 Å². The Balaban J connectivity index is 1.59. The first-order chi connectivity index (χ1) is 11.5. The minimum absolute atomic E-state index is 0.137. The summed E-state index contributed by atoms with van der Waals surface area (Å²) in [6, 6.07) is 12.2. The Morgan fingerprint density at radius 1 is 1.29 bits per heavy atom. The van der Waals surface area contributed by atoms with E-state index in [1.165, 1.54) is 23.1 Å². The normalized spacial score (nSPS) is 16.8. The highest BCUT2D eigenvalue weighted by molar-refractivity contribution is 6.30. The minimum Gasteiger partial charge on any atom is -0.442 e. The van der Waals surface area contributed by atoms with Crippen LogP contribution in [0.2, 0.25) is 5.02 Å². The average Bonchev–Trinajstić information content (AvgIpc) is 2.93. The fourth-order valence-corrected chi connectivity index (χ4v) is 2.61. The second kappa shape index (κ2) is 6.88. The van der Waals surface area contributed by atoms with Crippen molar-refractivity contribution < 1.29 is 18.7 Å². The molecular formula is C17H14ClFN2O3. The van der Waals surface area contributed by atoms with E-state index in [4.69, 9.17) is 16.3 Å². The molecule has 0 bridgehead atoms. The van der Waals surface area contributed by atoms with Crippen LogP contribution in [0.25, 0.3) is 0 Å². The van der Waals surface area contributed by atoms with Crippen LogP contribution in [0, 0.1) is 5.82 Å². The van der Waals surface area contributed by atoms with Gasteiger partial charge >= 0.3 is 6.09 Å². The smallest absolute Gasteiger partial charge is 0.414 e. The molecule has 3 rings (SSSR count). The molecule has 124 valence electrons. The standard InChI is InChI=1S/C17H14ClFN2O3/c18-12-4-2-6-14(8-12)21-10-15(24-17(21)23)9-20-16(22)11-3-1-5-13(19)7-11/h1-8,15H,9-10H2,(H,20,22)/t15-/m1/s1. The summed E-state index contributed by atoms with van der Waals surface area (Å²) in [5.74, 6) is -0.908. The Hall–Kier alpha value is -2.60. The minimum atomic E-state index is -0.498. The summed E-state index contributed by atoms with van der Waals surface area (Å²) in [4.78, 5) is 25.4. The van der Waals surface area contributed by atoms with E-state index < -0.39 is 23.9 Å². The van der Waals surface area contributed by atoms with Crippen LogP contribution in [-0.2, 0) is 4.74 Å². The lowest BCUT2D eigenvalue weighted by molar-refractivity contribution is 0.0915. The number of nitrogens with one attached hydrogen (secondary N) is 1. The first kappa shape index (κ1) is 16.3. The van der Waals surface area contributed by atoms with Crippen LogP contribution in [0.15, 0.2) is 48.5 Å². The maximum absolute atomic E-state index is 13.1. The summed E-state index contributed by atoms with van der Waals surface area (Å²) < 4.78 is 18.4. The number of carbonyl (C=O) groups is 2. The Labute approximate surface area is 143 Å². The predicted molar refractivity (Wildman–Crippen MR) is 87.8 cm³/mol. The highest BCUT2D eigenvalue weighted by atomic mass is 35.5. The number of rotatable bonds is 4. The van der Waals surface area contributed by atoms with Gasteiger partial charge in [-0.3, -0.25) is 9.69 Å². The number of ether oxygens (including phenoxy) is 1. The molecule has 0 aromatic heterocycles. The van der Waals surface area contributed by atoms with Crippen molar-refractivity contribution in [2.45, 2.75) is 6.10 Å². The molecule has 24 heavy (non-hydrogen) atoms. The molecule has 7 heteroatoms. The molecule has 0 spiro atoms. The van der Waals surface area contributed by atoms with E-state index in [1.807, 2.05) is 0 Å². The molecule has 1 saturated heterocycles. The molecule has 0 unspecified atom stereocenters. The second-order valence-corrected chi connectivity index (χ2v) is 5.75. The van der Waals surface area contributed by atoms with Gasteiger partial charge in [-0.1, -0.05) is 23.7 Å². The second-order valence-electron chi connectivity index (χ2n) is 5.32. The highest BCUT2D eigenvalue weighted by Crippen LogP contribution is 2.24. The van der Waals surface area contributed by atoms with Crippen LogP contribution >= 0.6 is 11.6 Å². The van der Waals surface area contributed by atoms with E-state index in [0.29, 0.717) is 17.3 Å². The van der Waals surface area contributed by atoms with Crippen molar-refractivity contribution in [3.63, 3.8) is 0 Å². The summed E-state index contributed by atoms with van der Waals surface area (Å²) in [6.45, 7) is 0.431. The van der Waals surface area contributed by atoms with Crippen molar-refractivity contribution in [1.82, 2.24) is 5.32 Å². The molecular weight excluding hydrogens is 335 g/mol. The van der Waals surface area contributed by atoms with Gasteiger partial charge in [0.2, 0.25) is 0 Å². The van der Waals surface area contributed by atoms with Crippen LogP contribution in [0.3, 0.4) is 0 Å². The zero-order valence-electron chi connectivity index (χ0n) is 12.5. The molecule has 1 aliphatic heterocycles. The average molecular weight is 349 g/mol. The fourth-order valence-electron chi connectivity index (χ4n) is 2.42. The first-order valence-electron chi connectivity index (χ1n) is 7.30. The third-order valence-corrected chi connectivity index (χ3v) is 3.81. The number of hydrogen-bond acceptors (Lipinski definition) is 3. The molecule has 1 atom stereocenters. The van der Waals surface area contributed by atoms with Gasteiger partial charge in [0.1, 0.15) is 11.9 Å². The van der Waals surface area contributed by atoms with E-state index in [2.05, 4.69) is 5.32 Å². The number of halogens is 2. The predicted octanol–water partition coefficient (Wildman–Crippen LogP) is 3.23. The number of anilines is 1. The zero-order valence-corrected chi connectivity index (χ0v) is 13.3. The Kier molecular flexibility index (Phi) is 4.66. The van der Waals surface area contributed by atoms with Crippen LogP contribution in [0.4, 0.5) is 14.9 Å². The topological polar surface area (TPSA) is 58.6 Å². The van der Waals surface area contributed by atoms with Crippen molar-refractivity contribution in [2.75, 3.05) is 18.0 Å². The molecule has 2 aromatic carbocycles. The summed E-state index contributed by atoms with van der Waals surface area (Å²) in [5.41, 5.74) is 0.845. The summed E-state index contributed by atoms with van der Waals surface area (Å²) >= 11 is 5.92. The van der Waals surface area contributed by atoms with Crippen molar-refractivity contribution in [1.29, 1.82) is 0 Å². The molecule has 0 saturated carbocycles. The Morgan fingerprint density at radius 3 is 2.83 bits per heavy atom. The molecule has 1 N–H and O–H groups in total. The van der Waals surface area contributed by atoms with E-state index in [1.54, 1.807) is 24.3 Å². The Bertz CT molecular complexity index is 784. The van der Waals surface area contributed by atoms with E-state index in [0.717, 1.165) is 6.07 Å². The van der Waals surface area contributed by atoms with Gasteiger partial charge in [-0.05, 0) is 36.4 Å². The number of hydrogen-bond donors (Lipinski definition) is 1. The Morgan fingerprint density at radius 2 is 2.08 bits per heavy atom. The number of carbonyl (C=O) groups excluding carboxylic acids is 2. The van der Waals surface area contributed by atoms with Crippen molar-refractivity contribution >= 4 is 29.3 Å². The lowest BCUT2D eigenvalue weighted by Gasteiger charge is -2.13. The van der Waals surface area contributed by atoms with E-state index in [9.17, 15) is 14.0 Å². The van der Waals surface area contributed by atoms with Crippen LogP contribution < -0.4 is 10.2 Å². The van der Waals surface area contributed by atoms with Crippen molar-refractivity contribution in [3.05, 3.63) is 64.9 Å². The van der Waals surface area contributed by atoms with Crippen molar-refractivity contribution in [2.24, 2.45) is 0 Å². The number of amides is 2. The van der Waals surface area contributed by atoms with E-state index in [-0.39, 0.29) is 12.1 Å². The molecule has 5 nitrogen and oxygen atoms in total. The third-order valence-electron chi connectivity index (χ3n) is 3.57. The van der Waals surface area contributed by atoms with Crippen LogP contribution in [0.5, 0.6) is 0 Å². The highest BCUT2D eigenvalue weighted by Gasteiger charge is 2.32. The summed E-state index contributed by atoms with van der Waals surface area (Å²) in [6.07, 6.45) is -0.990. The zero-order chi connectivity index (χ0) is 17.1. The van der Waals surface area contributed by atoms with Gasteiger partial charge in [0.05, 0.1) is 13.1 Å². The monoisotopic (exact) mass is 348 g/mol. The number of cyclic esters (lactones) is 1. The van der Waals surface area contributed by atoms with Crippen LogP contribution in [0.1, 0.15) is 10.4 Å². The quantitative estimate of drug-likeness (QED) is 0.922. The first-order valence-corrected chi connectivity index (χ1v) is 7.68. The number of nitrogens with zero attached hydrogens (tertiary/aromatic N) is 1. The van der Waals surface area contributed by atoms with Crippen LogP contribution in [-0.4, -0.2) is 31.2 Å². The van der Waals surface area contributed by atoms with Gasteiger partial charge < -0.3 is 10.1 Å². The number of benzene rings is 2. The molecule has 2 aromatic rings. The maximum Gasteiger partial charge on any atom is 0.414 e. The lowest BCUT2D eigenvalue weighted by atomic mass is 10.2. The molecule has 1 fully saturated rings. The van der Waals surface area contributed by atoms with Gasteiger partial charge in [-0.15, -0.1) is 0 Å². The molecule has 0 radical (unpaired) electrons. The van der Waals surface area contributed by atoms with Gasteiger partial charge in [-0.25, -0.2) is 9.18 Å². The molecule has 1 aliphatic rings. The molecule has 2 amide bonds. The molecule has 1 heterocycles. The van der Waals surface area contributed by atoms with Crippen molar-refractivity contribution in [3.8, 4) is 0 Å². The third kappa shape index (κ3) is 3.65. The molecule has 0 aliphatic carbocycles. The van der Waals surface area contributed by atoms with Gasteiger partial charge in [-0.2, -0.15) is 0 Å².